The Morgan fingerprint density at radius 2 is 1.96 bits per heavy atom. The highest BCUT2D eigenvalue weighted by Gasteiger charge is 2.12. The van der Waals surface area contributed by atoms with Crippen molar-refractivity contribution in [2.45, 2.75) is 13.2 Å². The summed E-state index contributed by atoms with van der Waals surface area (Å²) in [6, 6.07) is 7.61. The van der Waals surface area contributed by atoms with Gasteiger partial charge in [-0.2, -0.15) is 0 Å². The Hall–Kier alpha value is -3.24. The number of aromatic nitrogens is 7. The summed E-state index contributed by atoms with van der Waals surface area (Å²) in [5.74, 6) is 0.168. The lowest BCUT2D eigenvalue weighted by Crippen LogP contribution is -2.04. The topological polar surface area (TPSA) is 118 Å². The second-order valence-corrected chi connectivity index (χ2v) is 6.58. The molecular formula is C17H16N8OS. The normalized spacial score (nSPS) is 11.0. The lowest BCUT2D eigenvalue weighted by molar-refractivity contribution is 0.181. The zero-order valence-electron chi connectivity index (χ0n) is 14.5. The van der Waals surface area contributed by atoms with E-state index in [-0.39, 0.29) is 5.95 Å². The number of hydrogen-bond donors (Lipinski definition) is 1. The van der Waals surface area contributed by atoms with Gasteiger partial charge in [-0.3, -0.25) is 4.98 Å². The molecule has 0 aliphatic heterocycles. The minimum absolute atomic E-state index is 0.168. The molecule has 0 fully saturated rings. The van der Waals surface area contributed by atoms with Crippen molar-refractivity contribution in [1.29, 1.82) is 0 Å². The molecule has 0 aliphatic rings. The van der Waals surface area contributed by atoms with E-state index in [1.165, 1.54) is 11.3 Å². The van der Waals surface area contributed by atoms with Crippen molar-refractivity contribution in [3.8, 4) is 22.1 Å². The van der Waals surface area contributed by atoms with Crippen molar-refractivity contribution >= 4 is 17.3 Å². The van der Waals surface area contributed by atoms with Crippen LogP contribution >= 0.6 is 11.3 Å². The quantitative estimate of drug-likeness (QED) is 0.540. The molecule has 9 nitrogen and oxygen atoms in total. The lowest BCUT2D eigenvalue weighted by Gasteiger charge is -2.03. The number of nitrogens with two attached hydrogens (primary N) is 1. The number of methoxy groups -OCH3 is 1. The Morgan fingerprint density at radius 1 is 1.11 bits per heavy atom. The van der Waals surface area contributed by atoms with Crippen LogP contribution in [0, 0.1) is 0 Å². The van der Waals surface area contributed by atoms with E-state index in [1.54, 1.807) is 30.3 Å². The Bertz CT molecular complexity index is 1050. The minimum atomic E-state index is 0.168. The van der Waals surface area contributed by atoms with Crippen LogP contribution in [-0.2, 0) is 17.9 Å². The molecule has 0 amide bonds. The maximum absolute atomic E-state index is 5.86. The summed E-state index contributed by atoms with van der Waals surface area (Å²) in [4.78, 5) is 17.3. The molecule has 4 rings (SSSR count). The highest BCUT2D eigenvalue weighted by molar-refractivity contribution is 7.13. The van der Waals surface area contributed by atoms with Crippen LogP contribution in [-0.4, -0.2) is 42.0 Å². The van der Waals surface area contributed by atoms with Crippen LogP contribution in [0.2, 0.25) is 0 Å². The van der Waals surface area contributed by atoms with Crippen LogP contribution < -0.4 is 5.73 Å². The fraction of sp³-hybridized carbons (Fsp3) is 0.176. The SMILES string of the molecule is COCc1cccc(Cn2cc(-c3cc(-c4nccs4)nc(N)n3)nn2)n1. The molecule has 0 aromatic carbocycles. The summed E-state index contributed by atoms with van der Waals surface area (Å²) in [5, 5.41) is 11.0. The second-order valence-electron chi connectivity index (χ2n) is 5.69. The van der Waals surface area contributed by atoms with E-state index in [0.29, 0.717) is 30.2 Å². The van der Waals surface area contributed by atoms with Gasteiger partial charge in [0.2, 0.25) is 5.95 Å². The lowest BCUT2D eigenvalue weighted by atomic mass is 10.2. The van der Waals surface area contributed by atoms with Gasteiger partial charge in [-0.1, -0.05) is 11.3 Å². The molecule has 10 heteroatoms. The highest BCUT2D eigenvalue weighted by atomic mass is 32.1. The maximum Gasteiger partial charge on any atom is 0.221 e. The molecular weight excluding hydrogens is 364 g/mol. The van der Waals surface area contributed by atoms with Gasteiger partial charge in [-0.25, -0.2) is 19.6 Å². The van der Waals surface area contributed by atoms with Gasteiger partial charge in [-0.15, -0.1) is 16.4 Å². The molecule has 0 unspecified atom stereocenters. The van der Waals surface area contributed by atoms with Crippen LogP contribution in [0.5, 0.6) is 0 Å². The number of thiazole rings is 1. The molecule has 0 saturated carbocycles. The maximum atomic E-state index is 5.86. The molecule has 0 spiro atoms. The third kappa shape index (κ3) is 3.96. The van der Waals surface area contributed by atoms with Gasteiger partial charge in [0.25, 0.3) is 0 Å². The zero-order chi connectivity index (χ0) is 18.6. The third-order valence-electron chi connectivity index (χ3n) is 3.68. The number of nitrogen functional groups attached to an aromatic ring is 1. The second kappa shape index (κ2) is 7.56. The van der Waals surface area contributed by atoms with Crippen molar-refractivity contribution < 1.29 is 4.74 Å². The molecule has 4 aromatic heterocycles. The van der Waals surface area contributed by atoms with Crippen LogP contribution in [0.4, 0.5) is 5.95 Å². The molecule has 4 aromatic rings. The van der Waals surface area contributed by atoms with Crippen molar-refractivity contribution in [3.05, 3.63) is 53.4 Å². The predicted molar refractivity (Wildman–Crippen MR) is 101 cm³/mol. The van der Waals surface area contributed by atoms with E-state index in [0.717, 1.165) is 16.4 Å². The summed E-state index contributed by atoms with van der Waals surface area (Å²) in [7, 11) is 1.64. The third-order valence-corrected chi connectivity index (χ3v) is 4.47. The largest absolute Gasteiger partial charge is 0.378 e. The van der Waals surface area contributed by atoms with E-state index in [4.69, 9.17) is 10.5 Å². The van der Waals surface area contributed by atoms with E-state index in [9.17, 15) is 0 Å². The molecule has 0 saturated heterocycles. The molecule has 0 radical (unpaired) electrons. The highest BCUT2D eigenvalue weighted by Crippen LogP contribution is 2.24. The van der Waals surface area contributed by atoms with Gasteiger partial charge in [0.15, 0.2) is 0 Å². The Labute approximate surface area is 158 Å². The fourth-order valence-corrected chi connectivity index (χ4v) is 3.16. The summed E-state index contributed by atoms with van der Waals surface area (Å²) >= 11 is 1.48. The van der Waals surface area contributed by atoms with Crippen molar-refractivity contribution in [2.75, 3.05) is 12.8 Å². The monoisotopic (exact) mass is 380 g/mol. The van der Waals surface area contributed by atoms with Crippen LogP contribution in [0.1, 0.15) is 11.4 Å². The number of hydrogen-bond acceptors (Lipinski definition) is 9. The zero-order valence-corrected chi connectivity index (χ0v) is 15.3. The van der Waals surface area contributed by atoms with Crippen molar-refractivity contribution in [1.82, 2.24) is 34.9 Å². The van der Waals surface area contributed by atoms with E-state index in [1.807, 2.05) is 23.6 Å². The first-order valence-electron chi connectivity index (χ1n) is 8.10. The molecule has 0 aliphatic carbocycles. The predicted octanol–water partition coefficient (Wildman–Crippen LogP) is 2.03. The smallest absolute Gasteiger partial charge is 0.221 e. The van der Waals surface area contributed by atoms with Crippen LogP contribution in [0.15, 0.2) is 42.0 Å². The first kappa shape index (κ1) is 17.2. The number of ether oxygens (including phenoxy) is 1. The van der Waals surface area contributed by atoms with Crippen molar-refractivity contribution in [2.24, 2.45) is 0 Å². The van der Waals surface area contributed by atoms with Gasteiger partial charge < -0.3 is 10.5 Å². The van der Waals surface area contributed by atoms with Crippen LogP contribution in [0.3, 0.4) is 0 Å². The average molecular weight is 380 g/mol. The number of nitrogens with zero attached hydrogens (tertiary/aromatic N) is 7. The van der Waals surface area contributed by atoms with Gasteiger partial charge in [0.05, 0.1) is 36.4 Å². The summed E-state index contributed by atoms with van der Waals surface area (Å²) in [6.07, 6.45) is 3.52. The average Bonchev–Trinajstić information content (AvgIpc) is 3.34. The molecule has 27 heavy (non-hydrogen) atoms. The Morgan fingerprint density at radius 3 is 2.78 bits per heavy atom. The Balaban J connectivity index is 1.59. The molecule has 0 atom stereocenters. The fourth-order valence-electron chi connectivity index (χ4n) is 2.56. The summed E-state index contributed by atoms with van der Waals surface area (Å²) in [5.41, 5.74) is 9.46. The number of rotatable bonds is 6. The van der Waals surface area contributed by atoms with Crippen molar-refractivity contribution in [3.63, 3.8) is 0 Å². The first-order chi connectivity index (χ1) is 13.2. The van der Waals surface area contributed by atoms with Gasteiger partial charge in [0.1, 0.15) is 16.4 Å². The summed E-state index contributed by atoms with van der Waals surface area (Å²) in [6.45, 7) is 0.959. The van der Waals surface area contributed by atoms with E-state index in [2.05, 4.69) is 30.2 Å². The van der Waals surface area contributed by atoms with Gasteiger partial charge in [0, 0.05) is 18.7 Å². The number of anilines is 1. The Kier molecular flexibility index (Phi) is 4.81. The van der Waals surface area contributed by atoms with Gasteiger partial charge >= 0.3 is 0 Å². The van der Waals surface area contributed by atoms with Crippen LogP contribution in [0.25, 0.3) is 22.1 Å². The standard InChI is InChI=1S/C17H16N8OS/c1-26-10-12-4-2-3-11(20-12)8-25-9-15(23-24-25)13-7-14(22-17(18)21-13)16-19-5-6-27-16/h2-7,9H,8,10H2,1H3,(H2,18,21,22). The number of pyridine rings is 1. The molecule has 2 N–H and O–H groups in total. The molecule has 4 heterocycles. The van der Waals surface area contributed by atoms with E-state index < -0.39 is 0 Å². The summed E-state index contributed by atoms with van der Waals surface area (Å²) < 4.78 is 6.82. The minimum Gasteiger partial charge on any atom is -0.378 e. The molecule has 0 bridgehead atoms. The van der Waals surface area contributed by atoms with Gasteiger partial charge in [-0.05, 0) is 18.2 Å². The first-order valence-corrected chi connectivity index (χ1v) is 8.98. The molecule has 136 valence electrons. The van der Waals surface area contributed by atoms with E-state index >= 15 is 0 Å².